The number of benzene rings is 3. The van der Waals surface area contributed by atoms with E-state index in [9.17, 15) is 0 Å². The highest BCUT2D eigenvalue weighted by Crippen LogP contribution is 2.28. The zero-order valence-corrected chi connectivity index (χ0v) is 17.6. The van der Waals surface area contributed by atoms with Crippen LogP contribution in [0.15, 0.2) is 54.6 Å². The van der Waals surface area contributed by atoms with Crippen LogP contribution in [-0.4, -0.2) is 13.1 Å². The average Bonchev–Trinajstić information content (AvgIpc) is 2.66. The number of hydrogen-bond acceptors (Lipinski definition) is 2. The van der Waals surface area contributed by atoms with Crippen molar-refractivity contribution in [1.82, 2.24) is 5.32 Å². The molecule has 0 saturated heterocycles. The topological polar surface area (TPSA) is 38.0 Å². The van der Waals surface area contributed by atoms with Crippen LogP contribution in [0.5, 0.6) is 0 Å². The van der Waals surface area contributed by atoms with Gasteiger partial charge in [-0.05, 0) is 59.1 Å². The lowest BCUT2D eigenvalue weighted by Crippen LogP contribution is -2.15. The van der Waals surface area contributed by atoms with Crippen molar-refractivity contribution in [1.29, 1.82) is 0 Å². The van der Waals surface area contributed by atoms with E-state index >= 15 is 0 Å². The van der Waals surface area contributed by atoms with E-state index in [1.54, 1.807) is 0 Å². The predicted octanol–water partition coefficient (Wildman–Crippen LogP) is 6.23. The van der Waals surface area contributed by atoms with Crippen LogP contribution in [0.2, 0.25) is 0 Å². The Bertz CT molecular complexity index is 751. The summed E-state index contributed by atoms with van der Waals surface area (Å²) in [5.41, 5.74) is 6.96. The molecule has 0 saturated carbocycles. The van der Waals surface area contributed by atoms with E-state index in [-0.39, 0.29) is 24.8 Å². The van der Waals surface area contributed by atoms with Gasteiger partial charge in [0.05, 0.1) is 0 Å². The first-order valence-electron chi connectivity index (χ1n) is 9.70. The predicted molar refractivity (Wildman–Crippen MR) is 124 cm³/mol. The maximum atomic E-state index is 5.53. The summed E-state index contributed by atoms with van der Waals surface area (Å²) in [4.78, 5) is 0. The van der Waals surface area contributed by atoms with Crippen molar-refractivity contribution in [2.24, 2.45) is 5.73 Å². The van der Waals surface area contributed by atoms with Crippen LogP contribution in [0.1, 0.15) is 44.1 Å². The molecule has 3 N–H and O–H groups in total. The van der Waals surface area contributed by atoms with Crippen LogP contribution in [-0.2, 0) is 6.54 Å². The summed E-state index contributed by atoms with van der Waals surface area (Å²) in [6, 6.07) is 19.8. The van der Waals surface area contributed by atoms with Gasteiger partial charge in [-0.1, -0.05) is 74.2 Å². The van der Waals surface area contributed by atoms with Gasteiger partial charge in [-0.3, -0.25) is 0 Å². The second-order valence-corrected chi connectivity index (χ2v) is 6.88. The van der Waals surface area contributed by atoms with E-state index in [1.165, 1.54) is 65.6 Å². The van der Waals surface area contributed by atoms with Crippen LogP contribution in [0.3, 0.4) is 0 Å². The summed E-state index contributed by atoms with van der Waals surface area (Å²) in [6.45, 7) is 2.87. The minimum atomic E-state index is 0. The van der Waals surface area contributed by atoms with E-state index in [2.05, 4.69) is 59.9 Å². The average molecular weight is 407 g/mol. The number of hydrogen-bond donors (Lipinski definition) is 2. The van der Waals surface area contributed by atoms with Crippen molar-refractivity contribution < 1.29 is 0 Å². The fraction of sp³-hybridized carbons (Fsp3) is 0.391. The Morgan fingerprint density at radius 1 is 0.667 bits per heavy atom. The number of nitrogens with one attached hydrogen (secondary N) is 1. The molecule has 0 bridgehead atoms. The zero-order chi connectivity index (χ0) is 17.3. The minimum Gasteiger partial charge on any atom is -0.330 e. The SMILES string of the molecule is Cl.Cl.NCCCCCCCCNCc1c2ccccc2cc2ccccc12. The molecule has 27 heavy (non-hydrogen) atoms. The number of rotatable bonds is 10. The Hall–Kier alpha value is -1.32. The Labute approximate surface area is 175 Å². The molecular weight excluding hydrogens is 375 g/mol. The van der Waals surface area contributed by atoms with Crippen LogP contribution >= 0.6 is 24.8 Å². The standard InChI is InChI=1S/C23H30N2.2ClH/c24-15-9-3-1-2-4-10-16-25-18-23-21-13-7-5-11-19(21)17-20-12-6-8-14-22(20)23;;/h5-8,11-14,17,25H,1-4,9-10,15-16,18,24H2;2*1H. The third-order valence-electron chi connectivity index (χ3n) is 4.99. The molecule has 3 rings (SSSR count). The monoisotopic (exact) mass is 406 g/mol. The highest BCUT2D eigenvalue weighted by molar-refractivity contribution is 6.02. The van der Waals surface area contributed by atoms with Gasteiger partial charge in [-0.25, -0.2) is 0 Å². The lowest BCUT2D eigenvalue weighted by Gasteiger charge is -2.12. The molecule has 0 aliphatic heterocycles. The Kier molecular flexibility index (Phi) is 11.4. The summed E-state index contributed by atoms with van der Waals surface area (Å²) in [7, 11) is 0. The second-order valence-electron chi connectivity index (χ2n) is 6.88. The molecule has 0 aliphatic carbocycles. The van der Waals surface area contributed by atoms with Gasteiger partial charge in [0.15, 0.2) is 0 Å². The van der Waals surface area contributed by atoms with Gasteiger partial charge in [-0.15, -0.1) is 24.8 Å². The van der Waals surface area contributed by atoms with Gasteiger partial charge >= 0.3 is 0 Å². The van der Waals surface area contributed by atoms with Gasteiger partial charge in [0.2, 0.25) is 0 Å². The Morgan fingerprint density at radius 2 is 1.19 bits per heavy atom. The number of fused-ring (bicyclic) bond motifs is 2. The molecule has 0 amide bonds. The molecule has 0 aromatic heterocycles. The van der Waals surface area contributed by atoms with Crippen molar-refractivity contribution in [3.05, 3.63) is 60.2 Å². The van der Waals surface area contributed by atoms with Crippen molar-refractivity contribution in [2.75, 3.05) is 13.1 Å². The van der Waals surface area contributed by atoms with Gasteiger partial charge in [0, 0.05) is 6.54 Å². The molecule has 4 heteroatoms. The summed E-state index contributed by atoms with van der Waals surface area (Å²) < 4.78 is 0. The highest BCUT2D eigenvalue weighted by atomic mass is 35.5. The van der Waals surface area contributed by atoms with Crippen LogP contribution in [0, 0.1) is 0 Å². The molecule has 0 aliphatic rings. The van der Waals surface area contributed by atoms with Crippen molar-refractivity contribution >= 4 is 46.4 Å². The number of nitrogens with two attached hydrogens (primary N) is 1. The molecule has 0 heterocycles. The molecule has 148 valence electrons. The van der Waals surface area contributed by atoms with Crippen LogP contribution in [0.4, 0.5) is 0 Å². The van der Waals surface area contributed by atoms with Crippen molar-refractivity contribution in [3.63, 3.8) is 0 Å². The third kappa shape index (κ3) is 6.65. The molecule has 0 fully saturated rings. The molecule has 0 unspecified atom stereocenters. The van der Waals surface area contributed by atoms with Gasteiger partial charge in [0.25, 0.3) is 0 Å². The molecule has 0 spiro atoms. The lowest BCUT2D eigenvalue weighted by molar-refractivity contribution is 0.568. The van der Waals surface area contributed by atoms with Gasteiger partial charge in [-0.2, -0.15) is 0 Å². The van der Waals surface area contributed by atoms with Crippen LogP contribution < -0.4 is 11.1 Å². The fourth-order valence-corrected chi connectivity index (χ4v) is 3.61. The van der Waals surface area contributed by atoms with Crippen LogP contribution in [0.25, 0.3) is 21.5 Å². The molecule has 3 aromatic rings. The van der Waals surface area contributed by atoms with Crippen molar-refractivity contribution in [2.45, 2.75) is 45.1 Å². The first-order valence-corrected chi connectivity index (χ1v) is 9.70. The maximum Gasteiger partial charge on any atom is 0.0217 e. The number of halogens is 2. The Balaban J connectivity index is 0.00000182. The van der Waals surface area contributed by atoms with Gasteiger partial charge < -0.3 is 11.1 Å². The second kappa shape index (κ2) is 13.0. The summed E-state index contributed by atoms with van der Waals surface area (Å²) in [5, 5.41) is 9.07. The quantitative estimate of drug-likeness (QED) is 0.309. The first-order chi connectivity index (χ1) is 12.4. The van der Waals surface area contributed by atoms with Crippen molar-refractivity contribution in [3.8, 4) is 0 Å². The first kappa shape index (κ1) is 23.7. The molecule has 2 nitrogen and oxygen atoms in total. The normalized spacial score (nSPS) is 10.6. The zero-order valence-electron chi connectivity index (χ0n) is 16.0. The largest absolute Gasteiger partial charge is 0.330 e. The summed E-state index contributed by atoms with van der Waals surface area (Å²) in [6.07, 6.45) is 7.68. The third-order valence-corrected chi connectivity index (χ3v) is 4.99. The lowest BCUT2D eigenvalue weighted by atomic mass is 9.97. The minimum absolute atomic E-state index is 0. The van der Waals surface area contributed by atoms with E-state index in [0.29, 0.717) is 0 Å². The smallest absolute Gasteiger partial charge is 0.0217 e. The fourth-order valence-electron chi connectivity index (χ4n) is 3.61. The summed E-state index contributed by atoms with van der Waals surface area (Å²) in [5.74, 6) is 0. The molecule has 3 aromatic carbocycles. The van der Waals surface area contributed by atoms with E-state index in [1.807, 2.05) is 0 Å². The van der Waals surface area contributed by atoms with Gasteiger partial charge in [0.1, 0.15) is 0 Å². The summed E-state index contributed by atoms with van der Waals surface area (Å²) >= 11 is 0. The Morgan fingerprint density at radius 3 is 1.78 bits per heavy atom. The molecule has 0 atom stereocenters. The molecular formula is C23H32Cl2N2. The highest BCUT2D eigenvalue weighted by Gasteiger charge is 2.06. The van der Waals surface area contributed by atoms with E-state index in [4.69, 9.17) is 5.73 Å². The van der Waals surface area contributed by atoms with E-state index < -0.39 is 0 Å². The molecule has 0 radical (unpaired) electrons. The number of unbranched alkanes of at least 4 members (excludes halogenated alkanes) is 5. The maximum absolute atomic E-state index is 5.53. The van der Waals surface area contributed by atoms with E-state index in [0.717, 1.165) is 19.6 Å².